The topological polar surface area (TPSA) is 67.1 Å². The summed E-state index contributed by atoms with van der Waals surface area (Å²) in [5, 5.41) is 11.9. The van der Waals surface area contributed by atoms with Crippen LogP contribution in [-0.4, -0.2) is 33.7 Å². The number of imidazole rings is 1. The predicted molar refractivity (Wildman–Crippen MR) is 48.8 cm³/mol. The Bertz CT molecular complexity index is 346. The number of hydrogen-bond acceptors (Lipinski definition) is 3. The van der Waals surface area contributed by atoms with Crippen LogP contribution in [0, 0.1) is 0 Å². The van der Waals surface area contributed by atoms with Crippen molar-refractivity contribution in [3.05, 3.63) is 16.6 Å². The van der Waals surface area contributed by atoms with Gasteiger partial charge in [-0.15, -0.1) is 0 Å². The van der Waals surface area contributed by atoms with Gasteiger partial charge in [-0.2, -0.15) is 0 Å². The molecule has 0 spiro atoms. The fourth-order valence-corrected chi connectivity index (χ4v) is 1.88. The highest BCUT2D eigenvalue weighted by molar-refractivity contribution is 9.10. The normalized spacial score (nSPS) is 17.0. The lowest BCUT2D eigenvalue weighted by Gasteiger charge is -2.29. The molecule has 2 heterocycles. The second-order valence-electron chi connectivity index (χ2n) is 2.90. The number of rotatable bonds is 2. The van der Waals surface area contributed by atoms with Crippen molar-refractivity contribution in [1.82, 2.24) is 14.9 Å². The summed E-state index contributed by atoms with van der Waals surface area (Å²) in [5.41, 5.74) is 0.235. The van der Waals surface area contributed by atoms with Crippen LogP contribution in [0.1, 0.15) is 16.5 Å². The lowest BCUT2D eigenvalue weighted by molar-refractivity contribution is 0.0679. The largest absolute Gasteiger partial charge is 0.477 e. The quantitative estimate of drug-likeness (QED) is 0.796. The number of carboxylic acid groups (broad SMARTS) is 1. The fourth-order valence-electron chi connectivity index (χ4n) is 1.30. The zero-order valence-electron chi connectivity index (χ0n) is 6.70. The van der Waals surface area contributed by atoms with E-state index in [0.717, 1.165) is 13.1 Å². The molecule has 2 N–H and O–H groups in total. The number of carbonyl (C=O) groups is 1. The lowest BCUT2D eigenvalue weighted by Crippen LogP contribution is -2.44. The Morgan fingerprint density at radius 2 is 2.46 bits per heavy atom. The monoisotopic (exact) mass is 245 g/mol. The molecule has 1 fully saturated rings. The van der Waals surface area contributed by atoms with Crippen LogP contribution in [0.15, 0.2) is 10.9 Å². The van der Waals surface area contributed by atoms with Crippen molar-refractivity contribution in [3.63, 3.8) is 0 Å². The van der Waals surface area contributed by atoms with Gasteiger partial charge >= 0.3 is 5.97 Å². The maximum Gasteiger partial charge on any atom is 0.354 e. The molecule has 0 amide bonds. The van der Waals surface area contributed by atoms with Crippen molar-refractivity contribution in [2.45, 2.75) is 6.04 Å². The Morgan fingerprint density at radius 1 is 1.77 bits per heavy atom. The van der Waals surface area contributed by atoms with Crippen LogP contribution < -0.4 is 5.32 Å². The summed E-state index contributed by atoms with van der Waals surface area (Å²) in [7, 11) is 0. The molecule has 0 unspecified atom stereocenters. The smallest absolute Gasteiger partial charge is 0.354 e. The van der Waals surface area contributed by atoms with Gasteiger partial charge in [-0.3, -0.25) is 0 Å². The molecule has 5 nitrogen and oxygen atoms in total. The molecule has 0 bridgehead atoms. The summed E-state index contributed by atoms with van der Waals surface area (Å²) in [5.74, 6) is -0.940. The first-order valence-corrected chi connectivity index (χ1v) is 4.66. The SMILES string of the molecule is O=C(O)c1cnc(Br)n1C1CNC1. The fraction of sp³-hybridized carbons (Fsp3) is 0.429. The molecule has 70 valence electrons. The third-order valence-corrected chi connectivity index (χ3v) is 2.68. The van der Waals surface area contributed by atoms with E-state index in [4.69, 9.17) is 5.11 Å². The maximum atomic E-state index is 10.8. The molecule has 1 aromatic heterocycles. The van der Waals surface area contributed by atoms with Gasteiger partial charge in [0, 0.05) is 13.1 Å². The standard InChI is InChI=1S/C7H8BrN3O2/c8-7-10-3-5(6(12)13)11(7)4-1-9-2-4/h3-4,9H,1-2H2,(H,12,13). The predicted octanol–water partition coefficient (Wildman–Crippen LogP) is 0.488. The summed E-state index contributed by atoms with van der Waals surface area (Å²) in [4.78, 5) is 14.7. The number of carboxylic acids is 1. The number of hydrogen-bond donors (Lipinski definition) is 2. The summed E-state index contributed by atoms with van der Waals surface area (Å²) in [6, 6.07) is 0.211. The van der Waals surface area contributed by atoms with E-state index in [-0.39, 0.29) is 11.7 Å². The van der Waals surface area contributed by atoms with Gasteiger partial charge < -0.3 is 15.0 Å². The molecule has 1 aliphatic rings. The molecule has 6 heteroatoms. The molecular formula is C7H8BrN3O2. The van der Waals surface area contributed by atoms with E-state index in [9.17, 15) is 4.79 Å². The molecule has 0 aliphatic carbocycles. The molecule has 13 heavy (non-hydrogen) atoms. The van der Waals surface area contributed by atoms with E-state index in [1.807, 2.05) is 0 Å². The number of nitrogens with zero attached hydrogens (tertiary/aromatic N) is 2. The van der Waals surface area contributed by atoms with Gasteiger partial charge in [-0.1, -0.05) is 0 Å². The third kappa shape index (κ3) is 1.36. The van der Waals surface area contributed by atoms with Crippen LogP contribution in [-0.2, 0) is 0 Å². The van der Waals surface area contributed by atoms with Gasteiger partial charge in [0.1, 0.15) is 5.69 Å². The van der Waals surface area contributed by atoms with Crippen LogP contribution in [0.2, 0.25) is 0 Å². The van der Waals surface area contributed by atoms with Crippen molar-refractivity contribution < 1.29 is 9.90 Å². The lowest BCUT2D eigenvalue weighted by atomic mass is 10.2. The van der Waals surface area contributed by atoms with Crippen molar-refractivity contribution in [2.75, 3.05) is 13.1 Å². The summed E-state index contributed by atoms with van der Waals surface area (Å²) in [6.45, 7) is 1.60. The van der Waals surface area contributed by atoms with Gasteiger partial charge in [-0.25, -0.2) is 9.78 Å². The van der Waals surface area contributed by atoms with E-state index in [2.05, 4.69) is 26.2 Å². The number of nitrogens with one attached hydrogen (secondary N) is 1. The van der Waals surface area contributed by atoms with Gasteiger partial charge in [0.05, 0.1) is 12.2 Å². The first-order chi connectivity index (χ1) is 6.20. The van der Waals surface area contributed by atoms with E-state index < -0.39 is 5.97 Å². The Morgan fingerprint density at radius 3 is 2.92 bits per heavy atom. The molecule has 1 saturated heterocycles. The van der Waals surface area contributed by atoms with E-state index in [0.29, 0.717) is 4.73 Å². The van der Waals surface area contributed by atoms with Crippen molar-refractivity contribution >= 4 is 21.9 Å². The molecule has 1 aliphatic heterocycles. The third-order valence-electron chi connectivity index (χ3n) is 2.10. The van der Waals surface area contributed by atoms with Crippen molar-refractivity contribution in [3.8, 4) is 0 Å². The van der Waals surface area contributed by atoms with Crippen molar-refractivity contribution in [1.29, 1.82) is 0 Å². The molecule has 2 rings (SSSR count). The van der Waals surface area contributed by atoms with Crippen LogP contribution in [0.5, 0.6) is 0 Å². The highest BCUT2D eigenvalue weighted by Gasteiger charge is 2.25. The zero-order valence-corrected chi connectivity index (χ0v) is 8.28. The second-order valence-corrected chi connectivity index (χ2v) is 3.61. The minimum atomic E-state index is -0.940. The Hall–Kier alpha value is -0.880. The first kappa shape index (κ1) is 8.71. The van der Waals surface area contributed by atoms with E-state index >= 15 is 0 Å². The van der Waals surface area contributed by atoms with Crippen molar-refractivity contribution in [2.24, 2.45) is 0 Å². The van der Waals surface area contributed by atoms with Crippen LogP contribution >= 0.6 is 15.9 Å². The Kier molecular flexibility index (Phi) is 2.09. The highest BCUT2D eigenvalue weighted by atomic mass is 79.9. The van der Waals surface area contributed by atoms with Crippen LogP contribution in [0.25, 0.3) is 0 Å². The van der Waals surface area contributed by atoms with Gasteiger partial charge in [-0.05, 0) is 15.9 Å². The summed E-state index contributed by atoms with van der Waals surface area (Å²) >= 11 is 3.22. The molecule has 0 aromatic carbocycles. The molecule has 0 atom stereocenters. The van der Waals surface area contributed by atoms with Gasteiger partial charge in [0.15, 0.2) is 4.73 Å². The summed E-state index contributed by atoms with van der Waals surface area (Å²) in [6.07, 6.45) is 1.37. The van der Waals surface area contributed by atoms with E-state index in [1.165, 1.54) is 6.20 Å². The molecular weight excluding hydrogens is 238 g/mol. The van der Waals surface area contributed by atoms with Gasteiger partial charge in [0.25, 0.3) is 0 Å². The maximum absolute atomic E-state index is 10.8. The molecule has 1 aromatic rings. The average molecular weight is 246 g/mol. The van der Waals surface area contributed by atoms with Crippen LogP contribution in [0.4, 0.5) is 0 Å². The second kappa shape index (κ2) is 3.12. The molecule has 0 radical (unpaired) electrons. The van der Waals surface area contributed by atoms with Crippen LogP contribution in [0.3, 0.4) is 0 Å². The van der Waals surface area contributed by atoms with E-state index in [1.54, 1.807) is 4.57 Å². The first-order valence-electron chi connectivity index (χ1n) is 3.87. The Labute approximate surface area is 82.9 Å². The number of halogens is 1. The number of aromatic nitrogens is 2. The minimum absolute atomic E-state index is 0.211. The van der Waals surface area contributed by atoms with Gasteiger partial charge in [0.2, 0.25) is 0 Å². The highest BCUT2D eigenvalue weighted by Crippen LogP contribution is 2.21. The number of aromatic carboxylic acids is 1. The zero-order chi connectivity index (χ0) is 9.42. The minimum Gasteiger partial charge on any atom is -0.477 e. The summed E-state index contributed by atoms with van der Waals surface area (Å²) < 4.78 is 2.27. The molecule has 0 saturated carbocycles. The average Bonchev–Trinajstić information content (AvgIpc) is 2.30. The Balaban J connectivity index is 2.39.